The number of aryl methyl sites for hydroxylation is 1. The summed E-state index contributed by atoms with van der Waals surface area (Å²) in [6.45, 7) is 4.51. The predicted molar refractivity (Wildman–Crippen MR) is 114 cm³/mol. The fraction of sp³-hybridized carbons (Fsp3) is 0.304. The van der Waals surface area contributed by atoms with Crippen molar-refractivity contribution < 1.29 is 0 Å². The second kappa shape index (κ2) is 8.40. The number of nitrogens with zero attached hydrogens (tertiary/aromatic N) is 2. The molecule has 4 rings (SSSR count). The highest BCUT2D eigenvalue weighted by Crippen LogP contribution is 2.25. The number of rotatable bonds is 5. The first-order valence-electron chi connectivity index (χ1n) is 9.88. The highest BCUT2D eigenvalue weighted by atomic mass is 16.1. The van der Waals surface area contributed by atoms with Crippen molar-refractivity contribution in [2.24, 2.45) is 0 Å². The zero-order valence-electron chi connectivity index (χ0n) is 16.2. The van der Waals surface area contributed by atoms with Crippen molar-refractivity contribution in [3.8, 4) is 11.1 Å². The molecule has 2 heterocycles. The van der Waals surface area contributed by atoms with Gasteiger partial charge in [-0.3, -0.25) is 4.79 Å². The van der Waals surface area contributed by atoms with E-state index in [1.165, 1.54) is 22.9 Å². The fourth-order valence-electron chi connectivity index (χ4n) is 3.80. The number of hydrogen-bond acceptors (Lipinski definition) is 4. The van der Waals surface area contributed by atoms with Crippen LogP contribution in [0.4, 0.5) is 5.69 Å². The van der Waals surface area contributed by atoms with Crippen LogP contribution in [0.5, 0.6) is 0 Å². The summed E-state index contributed by atoms with van der Waals surface area (Å²) >= 11 is 0. The zero-order valence-corrected chi connectivity index (χ0v) is 16.2. The van der Waals surface area contributed by atoms with Gasteiger partial charge in [0, 0.05) is 36.6 Å². The van der Waals surface area contributed by atoms with Crippen molar-refractivity contribution in [2.45, 2.75) is 32.4 Å². The van der Waals surface area contributed by atoms with Gasteiger partial charge in [-0.15, -0.1) is 0 Å². The van der Waals surface area contributed by atoms with Crippen molar-refractivity contribution in [2.75, 3.05) is 18.0 Å². The molecule has 0 atom stereocenters. The van der Waals surface area contributed by atoms with Gasteiger partial charge < -0.3 is 15.2 Å². The Balaban J connectivity index is 1.31. The summed E-state index contributed by atoms with van der Waals surface area (Å²) in [7, 11) is 0. The first kappa shape index (κ1) is 18.4. The topological polar surface area (TPSA) is 61.0 Å². The van der Waals surface area contributed by atoms with Crippen LogP contribution in [0.3, 0.4) is 0 Å². The van der Waals surface area contributed by atoms with E-state index >= 15 is 0 Å². The second-order valence-corrected chi connectivity index (χ2v) is 7.39. The lowest BCUT2D eigenvalue weighted by molar-refractivity contribution is 0.409. The molecule has 0 saturated carbocycles. The summed E-state index contributed by atoms with van der Waals surface area (Å²) < 4.78 is 0. The lowest BCUT2D eigenvalue weighted by atomic mass is 10.0. The average Bonchev–Trinajstić information content (AvgIpc) is 2.73. The van der Waals surface area contributed by atoms with Crippen molar-refractivity contribution >= 4 is 5.69 Å². The molecule has 3 aromatic rings. The summed E-state index contributed by atoms with van der Waals surface area (Å²) in [6, 6.07) is 21.3. The molecule has 0 bridgehead atoms. The van der Waals surface area contributed by atoms with E-state index in [1.807, 2.05) is 13.0 Å². The molecule has 0 spiro atoms. The Morgan fingerprint density at radius 2 is 1.71 bits per heavy atom. The van der Waals surface area contributed by atoms with Gasteiger partial charge in [0.25, 0.3) is 5.56 Å². The summed E-state index contributed by atoms with van der Waals surface area (Å²) in [6.07, 6.45) is 2.16. The Morgan fingerprint density at radius 3 is 2.39 bits per heavy atom. The van der Waals surface area contributed by atoms with Crippen LogP contribution in [-0.4, -0.2) is 29.1 Å². The average molecular weight is 374 g/mol. The number of piperidine rings is 1. The molecule has 2 N–H and O–H groups in total. The van der Waals surface area contributed by atoms with Gasteiger partial charge in [0.15, 0.2) is 0 Å². The first-order chi connectivity index (χ1) is 13.7. The van der Waals surface area contributed by atoms with Gasteiger partial charge in [-0.2, -0.15) is 0 Å². The minimum Gasteiger partial charge on any atom is -0.371 e. The van der Waals surface area contributed by atoms with E-state index in [9.17, 15) is 4.79 Å². The highest BCUT2D eigenvalue weighted by Gasteiger charge is 2.19. The number of nitrogens with one attached hydrogen (secondary N) is 2. The third-order valence-electron chi connectivity index (χ3n) is 5.31. The van der Waals surface area contributed by atoms with Gasteiger partial charge in [-0.05, 0) is 43.0 Å². The molecule has 1 aromatic heterocycles. The third-order valence-corrected chi connectivity index (χ3v) is 5.31. The van der Waals surface area contributed by atoms with Gasteiger partial charge >= 0.3 is 0 Å². The Morgan fingerprint density at radius 1 is 1.04 bits per heavy atom. The zero-order chi connectivity index (χ0) is 19.3. The van der Waals surface area contributed by atoms with E-state index in [0.29, 0.717) is 18.4 Å². The number of benzene rings is 2. The number of hydrogen-bond donors (Lipinski definition) is 2. The Labute approximate surface area is 165 Å². The van der Waals surface area contributed by atoms with Crippen LogP contribution in [0.1, 0.15) is 24.4 Å². The predicted octanol–water partition coefficient (Wildman–Crippen LogP) is 3.50. The summed E-state index contributed by atoms with van der Waals surface area (Å²) in [5, 5.41) is 3.54. The van der Waals surface area contributed by atoms with Crippen molar-refractivity contribution in [3.63, 3.8) is 0 Å². The molecule has 5 heteroatoms. The maximum Gasteiger partial charge on any atom is 0.251 e. The van der Waals surface area contributed by atoms with Crippen LogP contribution in [0, 0.1) is 6.92 Å². The highest BCUT2D eigenvalue weighted by molar-refractivity contribution is 5.66. The monoisotopic (exact) mass is 374 g/mol. The van der Waals surface area contributed by atoms with E-state index in [0.717, 1.165) is 31.6 Å². The van der Waals surface area contributed by atoms with E-state index in [1.54, 1.807) is 0 Å². The van der Waals surface area contributed by atoms with Gasteiger partial charge in [0.1, 0.15) is 5.82 Å². The largest absolute Gasteiger partial charge is 0.371 e. The van der Waals surface area contributed by atoms with Crippen LogP contribution in [0.25, 0.3) is 11.1 Å². The Hall–Kier alpha value is -2.92. The quantitative estimate of drug-likeness (QED) is 0.718. The normalized spacial score (nSPS) is 15.0. The molecular formula is C23H26N4O. The third kappa shape index (κ3) is 4.49. The number of anilines is 1. The van der Waals surface area contributed by atoms with Crippen LogP contribution in [0.15, 0.2) is 65.5 Å². The molecule has 2 aromatic carbocycles. The van der Waals surface area contributed by atoms with Crippen LogP contribution in [0.2, 0.25) is 0 Å². The SMILES string of the molecule is Cc1cc(=O)[nH]c(CNC2CCN(c3ccc(-c4ccccc4)cc3)CC2)n1. The summed E-state index contributed by atoms with van der Waals surface area (Å²) in [4.78, 5) is 21.2. The molecule has 5 nitrogen and oxygen atoms in total. The Kier molecular flexibility index (Phi) is 5.53. The molecule has 28 heavy (non-hydrogen) atoms. The van der Waals surface area contributed by atoms with Gasteiger partial charge in [0.05, 0.1) is 6.54 Å². The maximum atomic E-state index is 11.5. The van der Waals surface area contributed by atoms with E-state index in [-0.39, 0.29) is 5.56 Å². The van der Waals surface area contributed by atoms with E-state index < -0.39 is 0 Å². The molecule has 0 unspecified atom stereocenters. The van der Waals surface area contributed by atoms with Crippen LogP contribution >= 0.6 is 0 Å². The lowest BCUT2D eigenvalue weighted by Gasteiger charge is -2.34. The van der Waals surface area contributed by atoms with Crippen LogP contribution < -0.4 is 15.8 Å². The number of H-pyrrole nitrogens is 1. The lowest BCUT2D eigenvalue weighted by Crippen LogP contribution is -2.42. The molecule has 1 saturated heterocycles. The molecule has 0 aliphatic carbocycles. The van der Waals surface area contributed by atoms with E-state index in [2.05, 4.69) is 68.7 Å². The smallest absolute Gasteiger partial charge is 0.251 e. The molecule has 0 amide bonds. The molecule has 1 aliphatic rings. The second-order valence-electron chi connectivity index (χ2n) is 7.39. The Bertz CT molecular complexity index is 958. The maximum absolute atomic E-state index is 11.5. The summed E-state index contributed by atoms with van der Waals surface area (Å²) in [5.74, 6) is 0.712. The summed E-state index contributed by atoms with van der Waals surface area (Å²) in [5.41, 5.74) is 4.45. The first-order valence-corrected chi connectivity index (χ1v) is 9.88. The van der Waals surface area contributed by atoms with Gasteiger partial charge in [-0.1, -0.05) is 42.5 Å². The molecule has 1 fully saturated rings. The molecule has 144 valence electrons. The molecule has 0 radical (unpaired) electrons. The molecule has 1 aliphatic heterocycles. The standard InChI is InChI=1S/C23H26N4O/c1-17-15-23(28)26-22(25-17)16-24-20-11-13-27(14-12-20)21-9-7-19(8-10-21)18-5-3-2-4-6-18/h2-10,15,20,24H,11-14,16H2,1H3,(H,25,26,28). The van der Waals surface area contributed by atoms with Crippen molar-refractivity contribution in [1.82, 2.24) is 15.3 Å². The van der Waals surface area contributed by atoms with Crippen molar-refractivity contribution in [3.05, 3.63) is 82.5 Å². The van der Waals surface area contributed by atoms with Crippen LogP contribution in [-0.2, 0) is 6.54 Å². The van der Waals surface area contributed by atoms with Gasteiger partial charge in [0.2, 0.25) is 0 Å². The molecular weight excluding hydrogens is 348 g/mol. The fourth-order valence-corrected chi connectivity index (χ4v) is 3.80. The minimum atomic E-state index is -0.0851. The number of aromatic nitrogens is 2. The van der Waals surface area contributed by atoms with Gasteiger partial charge in [-0.25, -0.2) is 4.98 Å². The van der Waals surface area contributed by atoms with E-state index in [4.69, 9.17) is 0 Å². The van der Waals surface area contributed by atoms with Crippen molar-refractivity contribution in [1.29, 1.82) is 0 Å². The number of aromatic amines is 1. The minimum absolute atomic E-state index is 0.0851.